The number of rotatable bonds is 5. The Balaban J connectivity index is 1.33. The molecule has 0 spiro atoms. The first-order valence-electron chi connectivity index (χ1n) is 9.37. The Kier molecular flexibility index (Phi) is 4.43. The van der Waals surface area contributed by atoms with Gasteiger partial charge < -0.3 is 9.72 Å². The van der Waals surface area contributed by atoms with Crippen LogP contribution in [0.25, 0.3) is 16.7 Å². The summed E-state index contributed by atoms with van der Waals surface area (Å²) in [7, 11) is 0. The van der Waals surface area contributed by atoms with Gasteiger partial charge in [-0.3, -0.25) is 9.36 Å². The van der Waals surface area contributed by atoms with E-state index in [4.69, 9.17) is 4.74 Å². The predicted molar refractivity (Wildman–Crippen MR) is 107 cm³/mol. The number of aromatic nitrogens is 3. The van der Waals surface area contributed by atoms with Crippen LogP contribution < -0.4 is 10.3 Å². The fourth-order valence-corrected chi connectivity index (χ4v) is 4.02. The van der Waals surface area contributed by atoms with Crippen LogP contribution in [-0.4, -0.2) is 14.5 Å². The van der Waals surface area contributed by atoms with Crippen LogP contribution in [0.4, 0.5) is 13.2 Å². The zero-order valence-corrected chi connectivity index (χ0v) is 16.4. The number of thiophene rings is 1. The van der Waals surface area contributed by atoms with Gasteiger partial charge in [0.25, 0.3) is 5.56 Å². The Morgan fingerprint density at radius 3 is 2.73 bits per heavy atom. The molecule has 1 fully saturated rings. The molecule has 5 rings (SSSR count). The van der Waals surface area contributed by atoms with Crippen LogP contribution in [-0.2, 0) is 12.8 Å². The molecule has 3 aromatic heterocycles. The Bertz CT molecular complexity index is 1280. The lowest BCUT2D eigenvalue weighted by Crippen LogP contribution is -2.16. The summed E-state index contributed by atoms with van der Waals surface area (Å²) in [5.41, 5.74) is 2.54. The van der Waals surface area contributed by atoms with Crippen molar-refractivity contribution in [1.82, 2.24) is 14.5 Å². The smallest absolute Gasteiger partial charge is 0.425 e. The molecule has 1 N–H and O–H groups in total. The Labute approximate surface area is 172 Å². The zero-order chi connectivity index (χ0) is 20.9. The summed E-state index contributed by atoms with van der Waals surface area (Å²) < 4.78 is 45.0. The van der Waals surface area contributed by atoms with Crippen LogP contribution in [0.2, 0.25) is 0 Å². The van der Waals surface area contributed by atoms with Gasteiger partial charge in [0.15, 0.2) is 0 Å². The molecule has 1 aliphatic rings. The number of hydrogen-bond donors (Lipinski definition) is 1. The van der Waals surface area contributed by atoms with Crippen molar-refractivity contribution in [2.24, 2.45) is 0 Å². The highest BCUT2D eigenvalue weighted by molar-refractivity contribution is 7.10. The van der Waals surface area contributed by atoms with Crippen molar-refractivity contribution in [2.75, 3.05) is 0 Å². The normalized spacial score (nSPS) is 14.4. The molecule has 5 nitrogen and oxygen atoms in total. The number of nitrogens with one attached hydrogen (secondary N) is 1. The first-order chi connectivity index (χ1) is 14.4. The van der Waals surface area contributed by atoms with E-state index < -0.39 is 11.1 Å². The maximum atomic E-state index is 12.7. The van der Waals surface area contributed by atoms with E-state index >= 15 is 0 Å². The summed E-state index contributed by atoms with van der Waals surface area (Å²) in [4.78, 5) is 19.8. The van der Waals surface area contributed by atoms with E-state index in [1.54, 1.807) is 12.3 Å². The molecule has 0 radical (unpaired) electrons. The van der Waals surface area contributed by atoms with Gasteiger partial charge in [0.1, 0.15) is 23.1 Å². The maximum Gasteiger partial charge on any atom is 0.425 e. The first kappa shape index (κ1) is 18.9. The number of H-pyrrole nitrogens is 1. The number of fused-ring (bicyclic) bond motifs is 1. The lowest BCUT2D eigenvalue weighted by atomic mass is 10.2. The molecule has 0 bridgehead atoms. The van der Waals surface area contributed by atoms with Gasteiger partial charge >= 0.3 is 6.18 Å². The second-order valence-corrected chi connectivity index (χ2v) is 8.19. The number of hydrogen-bond acceptors (Lipinski definition) is 4. The number of benzene rings is 1. The third kappa shape index (κ3) is 3.72. The summed E-state index contributed by atoms with van der Waals surface area (Å²) >= 11 is 0.624. The number of alkyl halides is 3. The van der Waals surface area contributed by atoms with Crippen LogP contribution in [0.3, 0.4) is 0 Å². The van der Waals surface area contributed by atoms with Crippen molar-refractivity contribution >= 4 is 22.4 Å². The van der Waals surface area contributed by atoms with Crippen LogP contribution in [0.15, 0.2) is 52.8 Å². The van der Waals surface area contributed by atoms with Gasteiger partial charge in [0.05, 0.1) is 16.7 Å². The van der Waals surface area contributed by atoms with Gasteiger partial charge in [-0.1, -0.05) is 0 Å². The molecule has 1 aliphatic carbocycles. The molecule has 30 heavy (non-hydrogen) atoms. The van der Waals surface area contributed by atoms with E-state index in [0.29, 0.717) is 34.3 Å². The quantitative estimate of drug-likeness (QED) is 0.470. The number of pyridine rings is 1. The Morgan fingerprint density at radius 1 is 1.20 bits per heavy atom. The van der Waals surface area contributed by atoms with Crippen molar-refractivity contribution in [3.8, 4) is 11.4 Å². The van der Waals surface area contributed by atoms with Crippen molar-refractivity contribution in [3.05, 3.63) is 74.6 Å². The van der Waals surface area contributed by atoms with Crippen molar-refractivity contribution in [1.29, 1.82) is 0 Å². The summed E-state index contributed by atoms with van der Waals surface area (Å²) in [6, 6.07) is 9.57. The molecule has 4 aromatic rings. The van der Waals surface area contributed by atoms with E-state index in [-0.39, 0.29) is 12.2 Å². The molecule has 0 unspecified atom stereocenters. The molecule has 1 saturated carbocycles. The van der Waals surface area contributed by atoms with E-state index in [9.17, 15) is 18.0 Å². The summed E-state index contributed by atoms with van der Waals surface area (Å²) in [5.74, 6) is 1.80. The van der Waals surface area contributed by atoms with Gasteiger partial charge in [0, 0.05) is 23.7 Å². The van der Waals surface area contributed by atoms with Crippen LogP contribution >= 0.6 is 11.3 Å². The standard InChI is InChI=1S/C21H16F3N3O2S/c22-21(23,24)18-7-12(11-30-18)10-29-15-5-6-27(19(28)9-15)14-3-4-16-17(8-14)26-20(25-16)13-1-2-13/h3-9,11,13H,1-2,10H2,(H,25,26). The van der Waals surface area contributed by atoms with Crippen molar-refractivity contribution in [2.45, 2.75) is 31.5 Å². The molecule has 1 aromatic carbocycles. The summed E-state index contributed by atoms with van der Waals surface area (Å²) in [6.07, 6.45) is -0.475. The fourth-order valence-electron chi connectivity index (χ4n) is 3.25. The second-order valence-electron chi connectivity index (χ2n) is 7.27. The van der Waals surface area contributed by atoms with E-state index in [0.717, 1.165) is 35.8 Å². The monoisotopic (exact) mass is 431 g/mol. The molecular formula is C21H16F3N3O2S. The summed E-state index contributed by atoms with van der Waals surface area (Å²) in [6.45, 7) is -0.0416. The predicted octanol–water partition coefficient (Wildman–Crippen LogP) is 5.25. The topological polar surface area (TPSA) is 59.9 Å². The average molecular weight is 431 g/mol. The zero-order valence-electron chi connectivity index (χ0n) is 15.6. The molecule has 9 heteroatoms. The highest BCUT2D eigenvalue weighted by Gasteiger charge is 2.32. The van der Waals surface area contributed by atoms with Gasteiger partial charge in [-0.05, 0) is 48.6 Å². The molecule has 0 aliphatic heterocycles. The molecule has 0 saturated heterocycles. The summed E-state index contributed by atoms with van der Waals surface area (Å²) in [5, 5.41) is 1.40. The first-order valence-corrected chi connectivity index (χ1v) is 10.2. The van der Waals surface area contributed by atoms with Crippen molar-refractivity contribution < 1.29 is 17.9 Å². The molecular weight excluding hydrogens is 415 g/mol. The Hall–Kier alpha value is -3.07. The molecule has 0 atom stereocenters. The third-order valence-corrected chi connectivity index (χ3v) is 5.98. The largest absolute Gasteiger partial charge is 0.489 e. The minimum absolute atomic E-state index is 0.0416. The lowest BCUT2D eigenvalue weighted by Gasteiger charge is -2.08. The Morgan fingerprint density at radius 2 is 2.03 bits per heavy atom. The lowest BCUT2D eigenvalue weighted by molar-refractivity contribution is -0.134. The van der Waals surface area contributed by atoms with Gasteiger partial charge in [-0.25, -0.2) is 4.98 Å². The van der Waals surface area contributed by atoms with E-state index in [2.05, 4.69) is 9.97 Å². The fraction of sp³-hybridized carbons (Fsp3) is 0.238. The van der Waals surface area contributed by atoms with Gasteiger partial charge in [0.2, 0.25) is 0 Å². The number of imidazole rings is 1. The van der Waals surface area contributed by atoms with E-state index in [1.165, 1.54) is 16.0 Å². The molecule has 3 heterocycles. The maximum absolute atomic E-state index is 12.7. The van der Waals surface area contributed by atoms with Crippen LogP contribution in [0.1, 0.15) is 35.0 Å². The van der Waals surface area contributed by atoms with E-state index in [1.807, 2.05) is 18.2 Å². The second kappa shape index (κ2) is 7.02. The highest BCUT2D eigenvalue weighted by Crippen LogP contribution is 2.39. The minimum Gasteiger partial charge on any atom is -0.489 e. The SMILES string of the molecule is O=c1cc(OCc2csc(C(F)(F)F)c2)ccn1-c1ccc2nc(C3CC3)[nH]c2c1. The average Bonchev–Trinajstić information content (AvgIpc) is 3.27. The minimum atomic E-state index is -4.36. The van der Waals surface area contributed by atoms with Crippen LogP contribution in [0, 0.1) is 0 Å². The van der Waals surface area contributed by atoms with Gasteiger partial charge in [-0.15, -0.1) is 11.3 Å². The number of ether oxygens (including phenoxy) is 1. The number of aromatic amines is 1. The third-order valence-electron chi connectivity index (χ3n) is 4.96. The van der Waals surface area contributed by atoms with Crippen molar-refractivity contribution in [3.63, 3.8) is 0 Å². The number of halogens is 3. The molecule has 0 amide bonds. The number of nitrogens with zero attached hydrogens (tertiary/aromatic N) is 2. The molecule has 154 valence electrons. The highest BCUT2D eigenvalue weighted by atomic mass is 32.1. The van der Waals surface area contributed by atoms with Gasteiger partial charge in [-0.2, -0.15) is 13.2 Å². The van der Waals surface area contributed by atoms with Crippen LogP contribution in [0.5, 0.6) is 5.75 Å².